The molecule has 2 heteroatoms. The topological polar surface area (TPSA) is 18.5 Å². The molecule has 1 heterocycles. The number of fused-ring (bicyclic) bond motifs is 1. The molecular formula is C11H14O2. The van der Waals surface area contributed by atoms with E-state index in [0.717, 1.165) is 11.3 Å². The first kappa shape index (κ1) is 8.57. The second-order valence-corrected chi connectivity index (χ2v) is 3.80. The molecular weight excluding hydrogens is 164 g/mol. The van der Waals surface area contributed by atoms with Gasteiger partial charge < -0.3 is 9.47 Å². The van der Waals surface area contributed by atoms with Crippen molar-refractivity contribution < 1.29 is 9.47 Å². The molecule has 0 saturated carbocycles. The third-order valence-electron chi connectivity index (χ3n) is 2.17. The molecule has 0 fully saturated rings. The van der Waals surface area contributed by atoms with Gasteiger partial charge >= 0.3 is 0 Å². The zero-order valence-corrected chi connectivity index (χ0v) is 8.20. The predicted molar refractivity (Wildman–Crippen MR) is 50.6 cm³/mol. The van der Waals surface area contributed by atoms with Crippen LogP contribution in [0.3, 0.4) is 0 Å². The number of hydrogen-bond acceptors (Lipinski definition) is 2. The highest BCUT2D eigenvalue weighted by molar-refractivity contribution is 5.36. The van der Waals surface area contributed by atoms with E-state index in [4.69, 9.17) is 9.47 Å². The molecule has 0 bridgehead atoms. The lowest BCUT2D eigenvalue weighted by Crippen LogP contribution is -2.36. The first-order chi connectivity index (χ1) is 6.08. The first-order valence-electron chi connectivity index (χ1n) is 4.54. The molecule has 0 radical (unpaired) electrons. The standard InChI is InChI=1S/C11H14O2/c1-8-9-6-4-5-7-10(9)13-11(2,3)12-8/h4-8H,1-3H3/t8-/m0/s1. The number of ether oxygens (including phenoxy) is 2. The van der Waals surface area contributed by atoms with Gasteiger partial charge in [-0.15, -0.1) is 0 Å². The number of para-hydroxylation sites is 1. The molecule has 0 saturated heterocycles. The van der Waals surface area contributed by atoms with Crippen LogP contribution in [0.15, 0.2) is 24.3 Å². The van der Waals surface area contributed by atoms with Crippen LogP contribution in [0.4, 0.5) is 0 Å². The minimum Gasteiger partial charge on any atom is -0.463 e. The van der Waals surface area contributed by atoms with Gasteiger partial charge in [-0.25, -0.2) is 0 Å². The van der Waals surface area contributed by atoms with Crippen molar-refractivity contribution in [1.29, 1.82) is 0 Å². The summed E-state index contributed by atoms with van der Waals surface area (Å²) in [6.07, 6.45) is 0.111. The molecule has 1 aliphatic heterocycles. The van der Waals surface area contributed by atoms with Crippen molar-refractivity contribution in [1.82, 2.24) is 0 Å². The Morgan fingerprint density at radius 1 is 1.23 bits per heavy atom. The highest BCUT2D eigenvalue weighted by Crippen LogP contribution is 2.37. The molecule has 0 amide bonds. The van der Waals surface area contributed by atoms with E-state index in [1.165, 1.54) is 0 Å². The van der Waals surface area contributed by atoms with Gasteiger partial charge in [0, 0.05) is 19.4 Å². The molecule has 0 unspecified atom stereocenters. The van der Waals surface area contributed by atoms with Crippen LogP contribution in [-0.2, 0) is 4.74 Å². The first-order valence-corrected chi connectivity index (χ1v) is 4.54. The van der Waals surface area contributed by atoms with E-state index in [0.29, 0.717) is 0 Å². The summed E-state index contributed by atoms with van der Waals surface area (Å²) in [5, 5.41) is 0. The van der Waals surface area contributed by atoms with Gasteiger partial charge in [0.1, 0.15) is 5.75 Å². The molecule has 2 nitrogen and oxygen atoms in total. The minimum atomic E-state index is -0.506. The quantitative estimate of drug-likeness (QED) is 0.608. The largest absolute Gasteiger partial charge is 0.463 e. The van der Waals surface area contributed by atoms with Crippen LogP contribution >= 0.6 is 0 Å². The predicted octanol–water partition coefficient (Wildman–Crippen LogP) is 2.89. The molecule has 1 atom stereocenters. The van der Waals surface area contributed by atoms with E-state index in [2.05, 4.69) is 0 Å². The maximum atomic E-state index is 5.68. The van der Waals surface area contributed by atoms with Crippen LogP contribution in [0.2, 0.25) is 0 Å². The van der Waals surface area contributed by atoms with Gasteiger partial charge in [0.15, 0.2) is 0 Å². The van der Waals surface area contributed by atoms with Crippen LogP contribution in [-0.4, -0.2) is 5.79 Å². The fourth-order valence-electron chi connectivity index (χ4n) is 1.69. The molecule has 0 aromatic heterocycles. The van der Waals surface area contributed by atoms with Crippen molar-refractivity contribution in [2.24, 2.45) is 0 Å². The van der Waals surface area contributed by atoms with Crippen LogP contribution in [0, 0.1) is 0 Å². The number of benzene rings is 1. The summed E-state index contributed by atoms with van der Waals surface area (Å²) in [5.74, 6) is 0.430. The summed E-state index contributed by atoms with van der Waals surface area (Å²) in [4.78, 5) is 0. The summed E-state index contributed by atoms with van der Waals surface area (Å²) in [7, 11) is 0. The summed E-state index contributed by atoms with van der Waals surface area (Å²) >= 11 is 0. The zero-order chi connectivity index (χ0) is 9.47. The Balaban J connectivity index is 2.43. The Bertz CT molecular complexity index is 318. The van der Waals surface area contributed by atoms with Crippen molar-refractivity contribution in [2.45, 2.75) is 32.7 Å². The Labute approximate surface area is 78.5 Å². The number of rotatable bonds is 0. The van der Waals surface area contributed by atoms with E-state index in [1.807, 2.05) is 45.0 Å². The van der Waals surface area contributed by atoms with E-state index in [9.17, 15) is 0 Å². The summed E-state index contributed by atoms with van der Waals surface area (Å²) in [6, 6.07) is 8.00. The Morgan fingerprint density at radius 3 is 2.69 bits per heavy atom. The van der Waals surface area contributed by atoms with E-state index in [1.54, 1.807) is 0 Å². The normalized spacial score (nSPS) is 24.7. The maximum Gasteiger partial charge on any atom is 0.205 e. The Kier molecular flexibility index (Phi) is 1.81. The monoisotopic (exact) mass is 178 g/mol. The van der Waals surface area contributed by atoms with Gasteiger partial charge in [-0.3, -0.25) is 0 Å². The molecule has 70 valence electrons. The fourth-order valence-corrected chi connectivity index (χ4v) is 1.69. The minimum absolute atomic E-state index is 0.111. The van der Waals surface area contributed by atoms with Crippen molar-refractivity contribution in [3.8, 4) is 5.75 Å². The van der Waals surface area contributed by atoms with Crippen molar-refractivity contribution in [2.75, 3.05) is 0 Å². The zero-order valence-electron chi connectivity index (χ0n) is 8.20. The molecule has 1 aliphatic rings. The lowest BCUT2D eigenvalue weighted by atomic mass is 10.1. The second-order valence-electron chi connectivity index (χ2n) is 3.80. The Hall–Kier alpha value is -1.02. The highest BCUT2D eigenvalue weighted by atomic mass is 16.7. The molecule has 0 spiro atoms. The average molecular weight is 178 g/mol. The SMILES string of the molecule is C[C@@H]1OC(C)(C)Oc2ccccc21. The van der Waals surface area contributed by atoms with Crippen LogP contribution < -0.4 is 4.74 Å². The number of hydrogen-bond donors (Lipinski definition) is 0. The van der Waals surface area contributed by atoms with Crippen LogP contribution in [0.5, 0.6) is 5.75 Å². The van der Waals surface area contributed by atoms with Gasteiger partial charge in [-0.2, -0.15) is 0 Å². The van der Waals surface area contributed by atoms with E-state index >= 15 is 0 Å². The molecule has 13 heavy (non-hydrogen) atoms. The van der Waals surface area contributed by atoms with Crippen molar-refractivity contribution in [3.05, 3.63) is 29.8 Å². The highest BCUT2D eigenvalue weighted by Gasteiger charge is 2.31. The summed E-state index contributed by atoms with van der Waals surface area (Å²) < 4.78 is 11.3. The van der Waals surface area contributed by atoms with Crippen LogP contribution in [0.25, 0.3) is 0 Å². The van der Waals surface area contributed by atoms with Crippen LogP contribution in [0.1, 0.15) is 32.4 Å². The average Bonchev–Trinajstić information content (AvgIpc) is 2.02. The lowest BCUT2D eigenvalue weighted by Gasteiger charge is -2.36. The molecule has 2 rings (SSSR count). The summed E-state index contributed by atoms with van der Waals surface area (Å²) in [6.45, 7) is 5.90. The lowest BCUT2D eigenvalue weighted by molar-refractivity contribution is -0.202. The smallest absolute Gasteiger partial charge is 0.205 e. The third-order valence-corrected chi connectivity index (χ3v) is 2.17. The molecule has 1 aromatic carbocycles. The van der Waals surface area contributed by atoms with Crippen molar-refractivity contribution >= 4 is 0 Å². The van der Waals surface area contributed by atoms with E-state index in [-0.39, 0.29) is 6.10 Å². The van der Waals surface area contributed by atoms with E-state index < -0.39 is 5.79 Å². The molecule has 0 aliphatic carbocycles. The van der Waals surface area contributed by atoms with Gasteiger partial charge in [0.2, 0.25) is 5.79 Å². The van der Waals surface area contributed by atoms with Crippen molar-refractivity contribution in [3.63, 3.8) is 0 Å². The summed E-state index contributed by atoms with van der Waals surface area (Å²) in [5.41, 5.74) is 1.13. The Morgan fingerprint density at radius 2 is 1.92 bits per heavy atom. The van der Waals surface area contributed by atoms with Gasteiger partial charge in [0.05, 0.1) is 6.10 Å². The van der Waals surface area contributed by atoms with Gasteiger partial charge in [-0.05, 0) is 13.0 Å². The molecule has 0 N–H and O–H groups in total. The second kappa shape index (κ2) is 2.74. The maximum absolute atomic E-state index is 5.68. The fraction of sp³-hybridized carbons (Fsp3) is 0.455. The van der Waals surface area contributed by atoms with Gasteiger partial charge in [-0.1, -0.05) is 18.2 Å². The third kappa shape index (κ3) is 1.54. The van der Waals surface area contributed by atoms with Gasteiger partial charge in [0.25, 0.3) is 0 Å². The molecule has 1 aromatic rings.